The Labute approximate surface area is 196 Å². The van der Waals surface area contributed by atoms with Gasteiger partial charge in [-0.3, -0.25) is 9.78 Å². The van der Waals surface area contributed by atoms with E-state index < -0.39 is 5.63 Å². The highest BCUT2D eigenvalue weighted by Gasteiger charge is 2.17. The number of rotatable bonds is 8. The maximum atomic E-state index is 12.7. The number of aromatic nitrogens is 5. The van der Waals surface area contributed by atoms with Crippen molar-refractivity contribution in [2.75, 3.05) is 6.61 Å². The van der Waals surface area contributed by atoms with Crippen molar-refractivity contribution in [3.63, 3.8) is 0 Å². The highest BCUT2D eigenvalue weighted by Crippen LogP contribution is 2.31. The molecule has 0 fully saturated rings. The molecule has 0 atom stereocenters. The van der Waals surface area contributed by atoms with Crippen molar-refractivity contribution in [2.45, 2.75) is 13.5 Å². The van der Waals surface area contributed by atoms with E-state index in [1.165, 1.54) is 22.2 Å². The number of ether oxygens (including phenoxy) is 2. The summed E-state index contributed by atoms with van der Waals surface area (Å²) in [5.74, 6) is 0.801. The van der Waals surface area contributed by atoms with Gasteiger partial charge in [0.05, 0.1) is 12.8 Å². The first-order chi connectivity index (χ1) is 16.7. The molecule has 10 nitrogen and oxygen atoms in total. The third kappa shape index (κ3) is 4.16. The summed E-state index contributed by atoms with van der Waals surface area (Å²) in [5, 5.41) is 9.25. The Hall–Kier alpha value is -4.38. The summed E-state index contributed by atoms with van der Waals surface area (Å²) in [5.41, 5.74) is 1.30. The first-order valence-electron chi connectivity index (χ1n) is 10.3. The molecule has 0 spiro atoms. The van der Waals surface area contributed by atoms with Crippen LogP contribution in [0, 0.1) is 0 Å². The van der Waals surface area contributed by atoms with Gasteiger partial charge in [0.25, 0.3) is 0 Å². The minimum Gasteiger partial charge on any atom is -0.494 e. The molecule has 5 rings (SSSR count). The number of fused-ring (bicyclic) bond motifs is 1. The highest BCUT2D eigenvalue weighted by atomic mass is 32.1. The molecule has 0 radical (unpaired) electrons. The smallest absolute Gasteiger partial charge is 0.362 e. The van der Waals surface area contributed by atoms with Gasteiger partial charge in [-0.05, 0) is 37.3 Å². The molecule has 0 aliphatic carbocycles. The topological polar surface area (TPSA) is 122 Å². The quantitative estimate of drug-likeness (QED) is 0.244. The fourth-order valence-corrected chi connectivity index (χ4v) is 4.13. The van der Waals surface area contributed by atoms with Crippen LogP contribution in [-0.4, -0.2) is 37.9 Å². The molecule has 0 aliphatic heterocycles. The molecule has 0 saturated carbocycles. The molecule has 0 aliphatic rings. The van der Waals surface area contributed by atoms with Gasteiger partial charge < -0.3 is 13.9 Å². The second-order valence-electron chi connectivity index (χ2n) is 7.02. The van der Waals surface area contributed by atoms with Crippen LogP contribution in [0.15, 0.2) is 64.2 Å². The monoisotopic (exact) mass is 475 g/mol. The number of thiazole rings is 1. The Bertz CT molecular complexity index is 1530. The zero-order valence-corrected chi connectivity index (χ0v) is 18.7. The van der Waals surface area contributed by atoms with Gasteiger partial charge in [-0.1, -0.05) is 5.21 Å². The minimum atomic E-state index is -0.588. The fraction of sp³-hybridized carbons (Fsp3) is 0.130. The van der Waals surface area contributed by atoms with Crippen molar-refractivity contribution in [3.8, 4) is 27.9 Å². The van der Waals surface area contributed by atoms with Crippen molar-refractivity contribution < 1.29 is 18.7 Å². The molecular formula is C23H17N5O5S. The summed E-state index contributed by atoms with van der Waals surface area (Å²) < 4.78 is 18.1. The van der Waals surface area contributed by atoms with E-state index >= 15 is 0 Å². The lowest BCUT2D eigenvalue weighted by Gasteiger charge is -2.08. The van der Waals surface area contributed by atoms with Gasteiger partial charge in [0.1, 0.15) is 33.5 Å². The van der Waals surface area contributed by atoms with E-state index in [2.05, 4.69) is 20.3 Å². The summed E-state index contributed by atoms with van der Waals surface area (Å²) in [7, 11) is 0. The summed E-state index contributed by atoms with van der Waals surface area (Å²) in [4.78, 5) is 33.0. The zero-order chi connectivity index (χ0) is 23.5. The van der Waals surface area contributed by atoms with Gasteiger partial charge in [0.2, 0.25) is 5.88 Å². The lowest BCUT2D eigenvalue weighted by Crippen LogP contribution is -2.15. The molecule has 0 saturated heterocycles. The third-order valence-corrected chi connectivity index (χ3v) is 5.87. The largest absolute Gasteiger partial charge is 0.494 e. The van der Waals surface area contributed by atoms with Crippen LogP contribution in [0.2, 0.25) is 0 Å². The molecule has 0 N–H and O–H groups in total. The van der Waals surface area contributed by atoms with Gasteiger partial charge in [0, 0.05) is 29.4 Å². The zero-order valence-electron chi connectivity index (χ0n) is 17.9. The van der Waals surface area contributed by atoms with Gasteiger partial charge in [-0.2, -0.15) is 0 Å². The van der Waals surface area contributed by atoms with E-state index in [4.69, 9.17) is 13.9 Å². The van der Waals surface area contributed by atoms with E-state index in [0.717, 1.165) is 5.56 Å². The summed E-state index contributed by atoms with van der Waals surface area (Å²) >= 11 is 1.21. The second-order valence-corrected chi connectivity index (χ2v) is 8.05. The Morgan fingerprint density at radius 1 is 1.15 bits per heavy atom. The molecule has 5 aromatic rings. The minimum absolute atomic E-state index is 0.0197. The van der Waals surface area contributed by atoms with E-state index in [-0.39, 0.29) is 18.2 Å². The van der Waals surface area contributed by atoms with Crippen molar-refractivity contribution in [3.05, 3.63) is 76.0 Å². The van der Waals surface area contributed by atoms with E-state index in [0.29, 0.717) is 45.2 Å². The number of carbonyl (C=O) groups excluding carboxylic acids is 1. The number of benzene rings is 1. The van der Waals surface area contributed by atoms with Crippen molar-refractivity contribution in [2.24, 2.45) is 0 Å². The third-order valence-electron chi connectivity index (χ3n) is 4.86. The number of carbonyl (C=O) groups is 1. The van der Waals surface area contributed by atoms with E-state index in [1.807, 2.05) is 6.92 Å². The number of hydrogen-bond acceptors (Lipinski definition) is 10. The fourth-order valence-electron chi connectivity index (χ4n) is 3.30. The molecular weight excluding hydrogens is 458 g/mol. The predicted octanol–water partition coefficient (Wildman–Crippen LogP) is 3.68. The average molecular weight is 475 g/mol. The van der Waals surface area contributed by atoms with Crippen molar-refractivity contribution >= 4 is 28.6 Å². The molecule has 0 amide bonds. The maximum Gasteiger partial charge on any atom is 0.362 e. The number of hydrogen-bond donors (Lipinski definition) is 0. The SMILES string of the molecule is CCOc1ccc2cc(-n3nncc3COc3nc(-c4ccncc4)sc3C=O)c(=O)oc2c1. The van der Waals surface area contributed by atoms with Gasteiger partial charge >= 0.3 is 5.63 Å². The van der Waals surface area contributed by atoms with E-state index in [9.17, 15) is 9.59 Å². The maximum absolute atomic E-state index is 12.7. The van der Waals surface area contributed by atoms with Gasteiger partial charge in [-0.15, -0.1) is 16.4 Å². The summed E-state index contributed by atoms with van der Waals surface area (Å²) in [6.07, 6.45) is 5.46. The van der Waals surface area contributed by atoms with Gasteiger partial charge in [-0.25, -0.2) is 14.5 Å². The van der Waals surface area contributed by atoms with Crippen LogP contribution in [0.3, 0.4) is 0 Å². The van der Waals surface area contributed by atoms with Crippen LogP contribution in [-0.2, 0) is 6.61 Å². The normalized spacial score (nSPS) is 11.0. The Morgan fingerprint density at radius 2 is 2.00 bits per heavy atom. The Balaban J connectivity index is 1.42. The van der Waals surface area contributed by atoms with Gasteiger partial charge in [0.15, 0.2) is 12.0 Å². The van der Waals surface area contributed by atoms with Crippen molar-refractivity contribution in [1.29, 1.82) is 0 Å². The number of pyridine rings is 1. The molecule has 34 heavy (non-hydrogen) atoms. The summed E-state index contributed by atoms with van der Waals surface area (Å²) in [6, 6.07) is 10.5. The number of nitrogens with zero attached hydrogens (tertiary/aromatic N) is 5. The van der Waals surface area contributed by atoms with Crippen LogP contribution in [0.5, 0.6) is 11.6 Å². The molecule has 0 unspecified atom stereocenters. The average Bonchev–Trinajstić information content (AvgIpc) is 3.50. The molecule has 0 bridgehead atoms. The van der Waals surface area contributed by atoms with Crippen LogP contribution >= 0.6 is 11.3 Å². The molecule has 170 valence electrons. The van der Waals surface area contributed by atoms with Crippen LogP contribution in [0.1, 0.15) is 22.3 Å². The lowest BCUT2D eigenvalue weighted by molar-refractivity contribution is 0.112. The van der Waals surface area contributed by atoms with Crippen LogP contribution < -0.4 is 15.1 Å². The first-order valence-corrected chi connectivity index (χ1v) is 11.1. The molecule has 1 aromatic carbocycles. The lowest BCUT2D eigenvalue weighted by atomic mass is 10.2. The summed E-state index contributed by atoms with van der Waals surface area (Å²) in [6.45, 7) is 2.36. The van der Waals surface area contributed by atoms with Crippen LogP contribution in [0.25, 0.3) is 27.2 Å². The molecule has 11 heteroatoms. The first kappa shape index (κ1) is 21.5. The molecule has 4 aromatic heterocycles. The van der Waals surface area contributed by atoms with E-state index in [1.54, 1.807) is 48.8 Å². The second kappa shape index (κ2) is 9.24. The van der Waals surface area contributed by atoms with Crippen LogP contribution in [0.4, 0.5) is 0 Å². The Kier molecular flexibility index (Phi) is 5.83. The molecule has 4 heterocycles. The predicted molar refractivity (Wildman–Crippen MR) is 124 cm³/mol. The highest BCUT2D eigenvalue weighted by molar-refractivity contribution is 7.16. The Morgan fingerprint density at radius 3 is 2.79 bits per heavy atom. The standard InChI is InChI=1S/C23H17N5O5S/c1-2-31-17-4-3-15-9-18(23(30)33-19(15)10-17)28-16(11-25-27-28)13-32-21-20(12-29)34-22(26-21)14-5-7-24-8-6-14/h3-12H,2,13H2,1H3. The van der Waals surface area contributed by atoms with Crippen molar-refractivity contribution in [1.82, 2.24) is 25.0 Å². The number of aldehydes is 1.